The highest BCUT2D eigenvalue weighted by Crippen LogP contribution is 2.21. The molecule has 3 heteroatoms. The molecule has 92 valence electrons. The van der Waals surface area contributed by atoms with Gasteiger partial charge in [0.2, 0.25) is 5.91 Å². The van der Waals surface area contributed by atoms with Gasteiger partial charge in [-0.05, 0) is 45.2 Å². The van der Waals surface area contributed by atoms with Crippen molar-refractivity contribution in [2.75, 3.05) is 26.7 Å². The first-order valence-electron chi connectivity index (χ1n) is 6.65. The van der Waals surface area contributed by atoms with Gasteiger partial charge in [0.1, 0.15) is 0 Å². The monoisotopic (exact) mass is 224 g/mol. The third-order valence-electron chi connectivity index (χ3n) is 4.09. The normalized spacial score (nSPS) is 32.0. The number of carbonyl (C=O) groups is 1. The summed E-state index contributed by atoms with van der Waals surface area (Å²) >= 11 is 0. The van der Waals surface area contributed by atoms with E-state index in [2.05, 4.69) is 23.8 Å². The SMILES string of the molecule is CC1CCCN(C(=O)CC2CCCN2C)C1. The van der Waals surface area contributed by atoms with Crippen LogP contribution in [0.15, 0.2) is 0 Å². The van der Waals surface area contributed by atoms with Crippen molar-refractivity contribution in [2.24, 2.45) is 5.92 Å². The molecule has 16 heavy (non-hydrogen) atoms. The van der Waals surface area contributed by atoms with E-state index >= 15 is 0 Å². The van der Waals surface area contributed by atoms with E-state index in [1.807, 2.05) is 0 Å². The lowest BCUT2D eigenvalue weighted by molar-refractivity contribution is -0.133. The van der Waals surface area contributed by atoms with Crippen LogP contribution in [0.2, 0.25) is 0 Å². The molecule has 2 unspecified atom stereocenters. The van der Waals surface area contributed by atoms with E-state index in [9.17, 15) is 4.79 Å². The second-order valence-electron chi connectivity index (χ2n) is 5.57. The summed E-state index contributed by atoms with van der Waals surface area (Å²) in [4.78, 5) is 16.6. The van der Waals surface area contributed by atoms with Crippen molar-refractivity contribution in [1.29, 1.82) is 0 Å². The molecule has 1 amide bonds. The molecule has 0 radical (unpaired) electrons. The minimum atomic E-state index is 0.380. The molecule has 2 saturated heterocycles. The standard InChI is InChI=1S/C13H24N2O/c1-11-5-3-8-15(10-11)13(16)9-12-6-4-7-14(12)2/h11-12H,3-10H2,1-2H3. The molecule has 0 aromatic rings. The molecule has 2 atom stereocenters. The Balaban J connectivity index is 1.82. The van der Waals surface area contributed by atoms with Gasteiger partial charge in [0.15, 0.2) is 0 Å². The molecule has 0 N–H and O–H groups in total. The summed E-state index contributed by atoms with van der Waals surface area (Å²) in [5, 5.41) is 0. The van der Waals surface area contributed by atoms with Crippen molar-refractivity contribution in [2.45, 2.75) is 45.1 Å². The van der Waals surface area contributed by atoms with Crippen LogP contribution in [0.1, 0.15) is 39.0 Å². The summed E-state index contributed by atoms with van der Waals surface area (Å²) in [6.45, 7) is 5.38. The van der Waals surface area contributed by atoms with Crippen molar-refractivity contribution in [1.82, 2.24) is 9.80 Å². The minimum Gasteiger partial charge on any atom is -0.342 e. The van der Waals surface area contributed by atoms with Gasteiger partial charge in [-0.15, -0.1) is 0 Å². The summed E-state index contributed by atoms with van der Waals surface area (Å²) in [5.41, 5.74) is 0. The third-order valence-corrected chi connectivity index (χ3v) is 4.09. The first-order chi connectivity index (χ1) is 7.66. The van der Waals surface area contributed by atoms with Crippen LogP contribution in [0.25, 0.3) is 0 Å². The predicted molar refractivity (Wildman–Crippen MR) is 65.2 cm³/mol. The molecule has 0 saturated carbocycles. The fourth-order valence-corrected chi connectivity index (χ4v) is 2.98. The summed E-state index contributed by atoms with van der Waals surface area (Å²) in [6, 6.07) is 0.504. The number of rotatable bonds is 2. The van der Waals surface area contributed by atoms with Crippen LogP contribution in [0.4, 0.5) is 0 Å². The molecule has 2 rings (SSSR count). The van der Waals surface area contributed by atoms with Gasteiger partial charge in [-0.3, -0.25) is 4.79 Å². The number of hydrogen-bond donors (Lipinski definition) is 0. The summed E-state index contributed by atoms with van der Waals surface area (Å²) < 4.78 is 0. The Hall–Kier alpha value is -0.570. The molecule has 0 bridgehead atoms. The lowest BCUT2D eigenvalue weighted by atomic mass is 9.99. The Morgan fingerprint density at radius 2 is 2.00 bits per heavy atom. The highest BCUT2D eigenvalue weighted by molar-refractivity contribution is 5.77. The Morgan fingerprint density at radius 1 is 1.25 bits per heavy atom. The predicted octanol–water partition coefficient (Wildman–Crippen LogP) is 1.73. The molecule has 0 aromatic carbocycles. The lowest BCUT2D eigenvalue weighted by Gasteiger charge is -2.32. The Bertz CT molecular complexity index is 254. The molecule has 3 nitrogen and oxygen atoms in total. The minimum absolute atomic E-state index is 0.380. The number of amides is 1. The Morgan fingerprint density at radius 3 is 2.62 bits per heavy atom. The first-order valence-corrected chi connectivity index (χ1v) is 6.65. The number of carbonyl (C=O) groups excluding carboxylic acids is 1. The molecule has 2 fully saturated rings. The molecule has 2 heterocycles. The van der Waals surface area contributed by atoms with Crippen molar-refractivity contribution in [3.05, 3.63) is 0 Å². The Kier molecular flexibility index (Phi) is 3.85. The van der Waals surface area contributed by atoms with Gasteiger partial charge in [-0.2, -0.15) is 0 Å². The van der Waals surface area contributed by atoms with Gasteiger partial charge in [0, 0.05) is 25.6 Å². The highest BCUT2D eigenvalue weighted by atomic mass is 16.2. The van der Waals surface area contributed by atoms with Crippen molar-refractivity contribution >= 4 is 5.91 Å². The largest absolute Gasteiger partial charge is 0.342 e. The second-order valence-corrected chi connectivity index (χ2v) is 5.57. The van der Waals surface area contributed by atoms with Gasteiger partial charge in [0.05, 0.1) is 0 Å². The van der Waals surface area contributed by atoms with Crippen LogP contribution in [-0.4, -0.2) is 48.4 Å². The van der Waals surface area contributed by atoms with E-state index in [0.29, 0.717) is 17.9 Å². The van der Waals surface area contributed by atoms with Gasteiger partial charge in [0.25, 0.3) is 0 Å². The van der Waals surface area contributed by atoms with E-state index in [4.69, 9.17) is 0 Å². The van der Waals surface area contributed by atoms with Crippen LogP contribution < -0.4 is 0 Å². The zero-order valence-electron chi connectivity index (χ0n) is 10.6. The van der Waals surface area contributed by atoms with Gasteiger partial charge in [-0.25, -0.2) is 0 Å². The van der Waals surface area contributed by atoms with Crippen LogP contribution in [0.3, 0.4) is 0 Å². The number of likely N-dealkylation sites (tertiary alicyclic amines) is 2. The van der Waals surface area contributed by atoms with E-state index in [0.717, 1.165) is 26.1 Å². The number of piperidine rings is 1. The molecule has 2 aliphatic rings. The molecule has 0 aromatic heterocycles. The number of nitrogens with zero attached hydrogens (tertiary/aromatic N) is 2. The molecular weight excluding hydrogens is 200 g/mol. The fourth-order valence-electron chi connectivity index (χ4n) is 2.98. The average Bonchev–Trinajstić information content (AvgIpc) is 2.64. The molecule has 2 aliphatic heterocycles. The van der Waals surface area contributed by atoms with Crippen LogP contribution in [-0.2, 0) is 4.79 Å². The second kappa shape index (κ2) is 5.17. The van der Waals surface area contributed by atoms with Gasteiger partial charge < -0.3 is 9.80 Å². The summed E-state index contributed by atoms with van der Waals surface area (Å²) in [5.74, 6) is 1.07. The van der Waals surface area contributed by atoms with Gasteiger partial charge >= 0.3 is 0 Å². The fraction of sp³-hybridized carbons (Fsp3) is 0.923. The van der Waals surface area contributed by atoms with E-state index in [1.165, 1.54) is 25.7 Å². The zero-order valence-corrected chi connectivity index (χ0v) is 10.6. The smallest absolute Gasteiger partial charge is 0.224 e. The van der Waals surface area contributed by atoms with Crippen LogP contribution in [0.5, 0.6) is 0 Å². The van der Waals surface area contributed by atoms with Crippen molar-refractivity contribution in [3.63, 3.8) is 0 Å². The maximum absolute atomic E-state index is 12.1. The summed E-state index contributed by atoms with van der Waals surface area (Å²) in [6.07, 6.45) is 5.67. The third kappa shape index (κ3) is 2.76. The Labute approximate surface area is 98.8 Å². The van der Waals surface area contributed by atoms with Crippen molar-refractivity contribution < 1.29 is 4.79 Å². The average molecular weight is 224 g/mol. The van der Waals surface area contributed by atoms with Crippen molar-refractivity contribution in [3.8, 4) is 0 Å². The quantitative estimate of drug-likeness (QED) is 0.713. The maximum Gasteiger partial charge on any atom is 0.224 e. The van der Waals surface area contributed by atoms with Crippen LogP contribution in [0, 0.1) is 5.92 Å². The molecular formula is C13H24N2O. The van der Waals surface area contributed by atoms with E-state index in [1.54, 1.807) is 0 Å². The van der Waals surface area contributed by atoms with Crippen LogP contribution >= 0.6 is 0 Å². The summed E-state index contributed by atoms with van der Waals surface area (Å²) in [7, 11) is 2.14. The highest BCUT2D eigenvalue weighted by Gasteiger charge is 2.27. The maximum atomic E-state index is 12.1. The zero-order chi connectivity index (χ0) is 11.5. The lowest BCUT2D eigenvalue weighted by Crippen LogP contribution is -2.41. The number of hydrogen-bond acceptors (Lipinski definition) is 2. The van der Waals surface area contributed by atoms with E-state index in [-0.39, 0.29) is 0 Å². The first kappa shape index (κ1) is 11.9. The van der Waals surface area contributed by atoms with E-state index < -0.39 is 0 Å². The topological polar surface area (TPSA) is 23.6 Å². The molecule has 0 aliphatic carbocycles. The molecule has 0 spiro atoms. The van der Waals surface area contributed by atoms with Gasteiger partial charge in [-0.1, -0.05) is 6.92 Å².